The summed E-state index contributed by atoms with van der Waals surface area (Å²) in [6.07, 6.45) is 3.81. The van der Waals surface area contributed by atoms with Gasteiger partial charge in [0.2, 0.25) is 0 Å². The van der Waals surface area contributed by atoms with E-state index in [1.54, 1.807) is 0 Å². The predicted molar refractivity (Wildman–Crippen MR) is 129 cm³/mol. The van der Waals surface area contributed by atoms with E-state index in [-0.39, 0.29) is 30.5 Å². The number of Topliss-reactive ketones (excluding diaryl/α,β-unsaturated/α-hetero) is 1. The molecule has 1 unspecified atom stereocenters. The summed E-state index contributed by atoms with van der Waals surface area (Å²) in [5, 5.41) is 21.7. The van der Waals surface area contributed by atoms with Crippen LogP contribution in [0.3, 0.4) is 0 Å². The number of nitrogens with zero attached hydrogens (tertiary/aromatic N) is 3. The smallest absolute Gasteiger partial charge is 0.349 e. The van der Waals surface area contributed by atoms with Gasteiger partial charge in [0.15, 0.2) is 11.5 Å². The number of carbonyl (C=O) groups is 1. The van der Waals surface area contributed by atoms with Crippen molar-refractivity contribution in [1.82, 2.24) is 24.8 Å². The van der Waals surface area contributed by atoms with Crippen LogP contribution in [0.1, 0.15) is 56.6 Å². The normalized spacial score (nSPS) is 12.5. The van der Waals surface area contributed by atoms with Gasteiger partial charge in [-0.2, -0.15) is 4.98 Å². The molecule has 184 valence electrons. The zero-order valence-electron chi connectivity index (χ0n) is 19.8. The number of aromatic amines is 1. The van der Waals surface area contributed by atoms with Crippen LogP contribution < -0.4 is 16.6 Å². The van der Waals surface area contributed by atoms with Crippen LogP contribution >= 0.6 is 0 Å². The largest absolute Gasteiger partial charge is 0.394 e. The van der Waals surface area contributed by atoms with Crippen molar-refractivity contribution in [1.29, 1.82) is 0 Å². The van der Waals surface area contributed by atoms with Crippen LogP contribution in [0.15, 0.2) is 21.7 Å². The average Bonchev–Trinajstić information content (AvgIpc) is 2.81. The van der Waals surface area contributed by atoms with Crippen molar-refractivity contribution in [3.63, 3.8) is 0 Å². The number of ketones is 1. The van der Waals surface area contributed by atoms with Gasteiger partial charge >= 0.3 is 5.69 Å². The maximum Gasteiger partial charge on any atom is 0.349 e. The monoisotopic (exact) mass is 471 g/mol. The Labute approximate surface area is 197 Å². The molecule has 0 saturated heterocycles. The average molecular weight is 472 g/mol. The summed E-state index contributed by atoms with van der Waals surface area (Å²) in [5.74, 6) is 0.524. The minimum atomic E-state index is -0.838. The maximum absolute atomic E-state index is 12.4. The lowest BCUT2D eigenvalue weighted by Crippen LogP contribution is -2.29. The molecule has 1 aromatic rings. The number of unbranched alkanes of at least 4 members (excludes halogenated alkanes) is 3. The molecule has 1 atom stereocenters. The minimum absolute atomic E-state index is 0.122. The molecule has 10 heteroatoms. The molecule has 2 aliphatic rings. The van der Waals surface area contributed by atoms with Crippen molar-refractivity contribution in [2.45, 2.75) is 71.6 Å². The molecule has 0 aromatic heterocycles. The molecule has 4 N–H and O–H groups in total. The highest BCUT2D eigenvalue weighted by atomic mass is 16.3. The first kappa shape index (κ1) is 25.7. The molecular weight excluding hydrogens is 438 g/mol. The summed E-state index contributed by atoms with van der Waals surface area (Å²) in [5.41, 5.74) is 2.17. The third-order valence-electron chi connectivity index (χ3n) is 5.95. The molecule has 1 aromatic carbocycles. The second-order valence-corrected chi connectivity index (χ2v) is 8.60. The summed E-state index contributed by atoms with van der Waals surface area (Å²) in [4.78, 5) is 46.6. The number of nitrogens with one attached hydrogen (secondary N) is 2. The number of hydrogen-bond donors (Lipinski definition) is 4. The van der Waals surface area contributed by atoms with E-state index in [0.29, 0.717) is 31.4 Å². The lowest BCUT2D eigenvalue weighted by molar-refractivity contribution is -0.118. The number of aromatic nitrogens is 4. The number of fused-ring (bicyclic) bond motifs is 2. The van der Waals surface area contributed by atoms with Gasteiger partial charge in [0.05, 0.1) is 23.7 Å². The van der Waals surface area contributed by atoms with Gasteiger partial charge in [0, 0.05) is 32.5 Å². The van der Waals surface area contributed by atoms with E-state index in [4.69, 9.17) is 5.11 Å². The predicted octanol–water partition coefficient (Wildman–Crippen LogP) is 1.27. The van der Waals surface area contributed by atoms with Gasteiger partial charge in [-0.1, -0.05) is 19.8 Å². The highest BCUT2D eigenvalue weighted by Gasteiger charge is 2.19. The molecule has 0 bridgehead atoms. The van der Waals surface area contributed by atoms with E-state index in [1.165, 1.54) is 0 Å². The Morgan fingerprint density at radius 3 is 2.68 bits per heavy atom. The Hall–Kier alpha value is -2.95. The van der Waals surface area contributed by atoms with Crippen molar-refractivity contribution in [2.75, 3.05) is 13.2 Å². The van der Waals surface area contributed by atoms with Crippen LogP contribution in [0, 0.1) is 6.92 Å². The summed E-state index contributed by atoms with van der Waals surface area (Å²) in [6, 6.07) is 3.86. The van der Waals surface area contributed by atoms with Crippen LogP contribution in [0.2, 0.25) is 0 Å². The Kier molecular flexibility index (Phi) is 9.03. The van der Waals surface area contributed by atoms with E-state index in [2.05, 4.69) is 20.3 Å². The van der Waals surface area contributed by atoms with Gasteiger partial charge in [-0.3, -0.25) is 14.6 Å². The SMILES string of the molecule is CCC(=O)CCCCCCn1c2nc(=O)[nH]c(=O)c-2nc2cc(C)c(CNCC(O)CO)cc21. The highest BCUT2D eigenvalue weighted by molar-refractivity contribution is 5.81. The lowest BCUT2D eigenvalue weighted by Gasteiger charge is -2.19. The molecule has 0 aliphatic carbocycles. The van der Waals surface area contributed by atoms with Crippen molar-refractivity contribution in [2.24, 2.45) is 0 Å². The first-order valence-electron chi connectivity index (χ1n) is 11.8. The fourth-order valence-corrected chi connectivity index (χ4v) is 3.97. The van der Waals surface area contributed by atoms with Gasteiger partial charge in [-0.05, 0) is 43.0 Å². The number of rotatable bonds is 13. The number of H-pyrrole nitrogens is 1. The van der Waals surface area contributed by atoms with Crippen LogP contribution in [0.25, 0.3) is 22.6 Å². The van der Waals surface area contributed by atoms with Crippen molar-refractivity contribution in [3.8, 4) is 11.5 Å². The van der Waals surface area contributed by atoms with Crippen LogP contribution in [-0.4, -0.2) is 54.8 Å². The van der Waals surface area contributed by atoms with Gasteiger partial charge in [-0.25, -0.2) is 9.78 Å². The minimum Gasteiger partial charge on any atom is -0.394 e. The molecule has 3 rings (SSSR count). The molecule has 10 nitrogen and oxygen atoms in total. The van der Waals surface area contributed by atoms with Crippen LogP contribution in [0.5, 0.6) is 0 Å². The Balaban J connectivity index is 1.91. The zero-order valence-corrected chi connectivity index (χ0v) is 19.8. The van der Waals surface area contributed by atoms with Crippen LogP contribution in [-0.2, 0) is 17.9 Å². The van der Waals surface area contributed by atoms with Crippen molar-refractivity contribution >= 4 is 16.8 Å². The first-order valence-corrected chi connectivity index (χ1v) is 11.8. The zero-order chi connectivity index (χ0) is 24.7. The Bertz CT molecular complexity index is 1220. The molecule has 0 radical (unpaired) electrons. The number of carbonyl (C=O) groups excluding carboxylic acids is 1. The van der Waals surface area contributed by atoms with Gasteiger partial charge in [0.25, 0.3) is 5.56 Å². The topological polar surface area (TPSA) is 150 Å². The fourth-order valence-electron chi connectivity index (χ4n) is 3.97. The van der Waals surface area contributed by atoms with Crippen LogP contribution in [0.4, 0.5) is 0 Å². The van der Waals surface area contributed by atoms with E-state index in [1.807, 2.05) is 30.5 Å². The second kappa shape index (κ2) is 12.0. The standard InChI is InChI=1S/C24H33N5O5/c1-3-17(31)8-6-4-5-7-9-29-20-11-16(12-25-13-18(32)14-30)15(2)10-19(20)26-21-22(29)27-24(34)28-23(21)33/h10-11,18,25,30,32H,3-9,12-14H2,1-2H3,(H,28,33,34). The van der Waals surface area contributed by atoms with E-state index in [0.717, 1.165) is 42.3 Å². The second-order valence-electron chi connectivity index (χ2n) is 8.60. The third-order valence-corrected chi connectivity index (χ3v) is 5.95. The maximum atomic E-state index is 12.4. The molecule has 34 heavy (non-hydrogen) atoms. The molecule has 2 aliphatic heterocycles. The number of benzene rings is 1. The lowest BCUT2D eigenvalue weighted by atomic mass is 10.1. The number of aryl methyl sites for hydroxylation is 2. The quantitative estimate of drug-likeness (QED) is 0.215. The summed E-state index contributed by atoms with van der Waals surface area (Å²) in [6.45, 7) is 4.77. The third kappa shape index (κ3) is 6.34. The van der Waals surface area contributed by atoms with E-state index >= 15 is 0 Å². The summed E-state index contributed by atoms with van der Waals surface area (Å²) in [7, 11) is 0. The van der Waals surface area contributed by atoms with E-state index < -0.39 is 17.4 Å². The van der Waals surface area contributed by atoms with Gasteiger partial charge < -0.3 is 20.1 Å². The number of hydrogen-bond acceptors (Lipinski definition) is 8. The van der Waals surface area contributed by atoms with Gasteiger partial charge in [-0.15, -0.1) is 0 Å². The number of aliphatic hydroxyl groups is 2. The molecule has 2 heterocycles. The van der Waals surface area contributed by atoms with Crippen molar-refractivity contribution < 1.29 is 15.0 Å². The summed E-state index contributed by atoms with van der Waals surface area (Å²) < 4.78 is 1.87. The fraction of sp³-hybridized carbons (Fsp3) is 0.542. The molecule has 0 fully saturated rings. The Morgan fingerprint density at radius 2 is 1.94 bits per heavy atom. The highest BCUT2D eigenvalue weighted by Crippen LogP contribution is 2.25. The molecule has 0 saturated carbocycles. The summed E-state index contributed by atoms with van der Waals surface area (Å²) >= 11 is 0. The molecule has 0 spiro atoms. The molecule has 0 amide bonds. The molecular formula is C24H33N5O5. The Morgan fingerprint density at radius 1 is 1.18 bits per heavy atom. The van der Waals surface area contributed by atoms with Crippen molar-refractivity contribution in [3.05, 3.63) is 44.1 Å². The van der Waals surface area contributed by atoms with Gasteiger partial charge in [0.1, 0.15) is 5.78 Å². The number of aliphatic hydroxyl groups excluding tert-OH is 2. The first-order chi connectivity index (χ1) is 16.3. The van der Waals surface area contributed by atoms with E-state index in [9.17, 15) is 19.5 Å².